The second kappa shape index (κ2) is 7.27. The maximum Gasteiger partial charge on any atom is 0.410 e. The Kier molecular flexibility index (Phi) is 6.27. The van der Waals surface area contributed by atoms with Gasteiger partial charge in [0.2, 0.25) is 0 Å². The second-order valence-electron chi connectivity index (χ2n) is 6.96. The van der Waals surface area contributed by atoms with E-state index in [1.165, 1.54) is 0 Å². The van der Waals surface area contributed by atoms with Gasteiger partial charge in [0.05, 0.1) is 0 Å². The lowest BCUT2D eigenvalue weighted by Crippen LogP contribution is -2.60. The van der Waals surface area contributed by atoms with Crippen molar-refractivity contribution in [3.8, 4) is 0 Å². The number of hydrogen-bond donors (Lipinski definition) is 1. The standard InChI is InChI=1S/C15H31N3O2/c1-12(2)17(6)9-7-8-16-13-10-18(11-13)14(19)20-15(3,4)5/h12-13,16H,7-11H2,1-6H3. The van der Waals surface area contributed by atoms with E-state index >= 15 is 0 Å². The lowest BCUT2D eigenvalue weighted by Gasteiger charge is -2.40. The number of nitrogens with one attached hydrogen (secondary N) is 1. The van der Waals surface area contributed by atoms with Crippen LogP contribution >= 0.6 is 0 Å². The predicted octanol–water partition coefficient (Wildman–Crippen LogP) is 1.93. The molecular formula is C15H31N3O2. The van der Waals surface area contributed by atoms with Crippen molar-refractivity contribution in [1.29, 1.82) is 0 Å². The molecule has 1 aliphatic heterocycles. The summed E-state index contributed by atoms with van der Waals surface area (Å²) in [5.41, 5.74) is -0.406. The third-order valence-electron chi connectivity index (χ3n) is 3.54. The van der Waals surface area contributed by atoms with E-state index in [0.29, 0.717) is 12.1 Å². The van der Waals surface area contributed by atoms with Crippen LogP contribution in [0.2, 0.25) is 0 Å². The van der Waals surface area contributed by atoms with Gasteiger partial charge in [-0.3, -0.25) is 0 Å². The Hall–Kier alpha value is -0.810. The summed E-state index contributed by atoms with van der Waals surface area (Å²) < 4.78 is 5.33. The molecule has 0 atom stereocenters. The third-order valence-corrected chi connectivity index (χ3v) is 3.54. The van der Waals surface area contributed by atoms with Crippen LogP contribution in [0.15, 0.2) is 0 Å². The van der Waals surface area contributed by atoms with Crippen LogP contribution in [0, 0.1) is 0 Å². The van der Waals surface area contributed by atoms with Crippen molar-refractivity contribution in [3.63, 3.8) is 0 Å². The van der Waals surface area contributed by atoms with E-state index in [9.17, 15) is 4.79 Å². The van der Waals surface area contributed by atoms with Crippen molar-refractivity contribution >= 4 is 6.09 Å². The molecule has 0 aromatic rings. The monoisotopic (exact) mass is 285 g/mol. The van der Waals surface area contributed by atoms with Gasteiger partial charge in [0.15, 0.2) is 0 Å². The van der Waals surface area contributed by atoms with E-state index in [0.717, 1.165) is 32.6 Å². The first-order valence-corrected chi connectivity index (χ1v) is 7.60. The Morgan fingerprint density at radius 2 is 2.00 bits per heavy atom. The number of likely N-dealkylation sites (tertiary alicyclic amines) is 1. The number of rotatable bonds is 6. The van der Waals surface area contributed by atoms with E-state index < -0.39 is 5.60 Å². The molecule has 1 fully saturated rings. The molecule has 0 aromatic heterocycles. The van der Waals surface area contributed by atoms with Gasteiger partial charge in [-0.2, -0.15) is 0 Å². The highest BCUT2D eigenvalue weighted by Crippen LogP contribution is 2.15. The van der Waals surface area contributed by atoms with Crippen molar-refractivity contribution < 1.29 is 9.53 Å². The maximum atomic E-state index is 11.8. The number of nitrogens with zero attached hydrogens (tertiary/aromatic N) is 2. The lowest BCUT2D eigenvalue weighted by molar-refractivity contribution is 0.00531. The Balaban J connectivity index is 2.07. The summed E-state index contributed by atoms with van der Waals surface area (Å²) in [7, 11) is 2.15. The predicted molar refractivity (Wildman–Crippen MR) is 82.0 cm³/mol. The normalized spacial score (nSPS) is 16.7. The van der Waals surface area contributed by atoms with Gasteiger partial charge in [0.25, 0.3) is 0 Å². The minimum Gasteiger partial charge on any atom is -0.444 e. The molecule has 0 radical (unpaired) electrons. The van der Waals surface area contributed by atoms with E-state index in [1.807, 2.05) is 20.8 Å². The van der Waals surface area contributed by atoms with Crippen molar-refractivity contribution in [2.75, 3.05) is 33.2 Å². The van der Waals surface area contributed by atoms with Crippen LogP contribution in [0.25, 0.3) is 0 Å². The van der Waals surface area contributed by atoms with E-state index in [1.54, 1.807) is 4.90 Å². The van der Waals surface area contributed by atoms with Gasteiger partial charge in [0, 0.05) is 25.2 Å². The van der Waals surface area contributed by atoms with E-state index in [4.69, 9.17) is 4.74 Å². The molecule has 1 saturated heterocycles. The molecule has 0 aromatic carbocycles. The molecule has 1 aliphatic rings. The molecule has 20 heavy (non-hydrogen) atoms. The van der Waals surface area contributed by atoms with Crippen LogP contribution in [0.1, 0.15) is 41.0 Å². The average molecular weight is 285 g/mol. The zero-order chi connectivity index (χ0) is 15.3. The SMILES string of the molecule is CC(C)N(C)CCCNC1CN(C(=O)OC(C)(C)C)C1. The molecule has 5 nitrogen and oxygen atoms in total. The fourth-order valence-electron chi connectivity index (χ4n) is 1.98. The molecule has 0 unspecified atom stereocenters. The highest BCUT2D eigenvalue weighted by molar-refractivity contribution is 5.69. The van der Waals surface area contributed by atoms with E-state index in [2.05, 4.69) is 31.1 Å². The topological polar surface area (TPSA) is 44.8 Å². The van der Waals surface area contributed by atoms with Crippen molar-refractivity contribution in [2.45, 2.75) is 58.7 Å². The van der Waals surface area contributed by atoms with Gasteiger partial charge < -0.3 is 19.9 Å². The smallest absolute Gasteiger partial charge is 0.410 e. The minimum absolute atomic E-state index is 0.199. The summed E-state index contributed by atoms with van der Waals surface area (Å²) in [6.07, 6.45) is 0.938. The van der Waals surface area contributed by atoms with Crippen molar-refractivity contribution in [3.05, 3.63) is 0 Å². The molecule has 118 valence electrons. The van der Waals surface area contributed by atoms with Gasteiger partial charge >= 0.3 is 6.09 Å². The average Bonchev–Trinajstić information content (AvgIpc) is 2.22. The molecule has 0 bridgehead atoms. The summed E-state index contributed by atoms with van der Waals surface area (Å²) in [5.74, 6) is 0. The van der Waals surface area contributed by atoms with Gasteiger partial charge in [0.1, 0.15) is 5.60 Å². The van der Waals surface area contributed by atoms with Gasteiger partial charge in [-0.25, -0.2) is 4.79 Å². The molecule has 1 rings (SSSR count). The first kappa shape index (κ1) is 17.2. The Morgan fingerprint density at radius 3 is 2.50 bits per heavy atom. The number of carbonyl (C=O) groups excluding carboxylic acids is 1. The minimum atomic E-state index is -0.406. The quantitative estimate of drug-likeness (QED) is 0.757. The highest BCUT2D eigenvalue weighted by atomic mass is 16.6. The maximum absolute atomic E-state index is 11.8. The van der Waals surface area contributed by atoms with Gasteiger partial charge in [-0.1, -0.05) is 0 Å². The highest BCUT2D eigenvalue weighted by Gasteiger charge is 2.33. The molecule has 1 N–H and O–H groups in total. The van der Waals surface area contributed by atoms with Crippen LogP contribution in [0.3, 0.4) is 0 Å². The van der Waals surface area contributed by atoms with Gasteiger partial charge in [-0.15, -0.1) is 0 Å². The second-order valence-corrected chi connectivity index (χ2v) is 6.96. The summed E-state index contributed by atoms with van der Waals surface area (Å²) in [5, 5.41) is 3.48. The molecule has 0 aliphatic carbocycles. The summed E-state index contributed by atoms with van der Waals surface area (Å²) >= 11 is 0. The third kappa shape index (κ3) is 6.09. The Labute approximate surface area is 123 Å². The fraction of sp³-hybridized carbons (Fsp3) is 0.933. The fourth-order valence-corrected chi connectivity index (χ4v) is 1.98. The zero-order valence-electron chi connectivity index (χ0n) is 13.9. The summed E-state index contributed by atoms with van der Waals surface area (Å²) in [6, 6.07) is 1.02. The van der Waals surface area contributed by atoms with Crippen LogP contribution in [-0.4, -0.2) is 66.8 Å². The number of hydrogen-bond acceptors (Lipinski definition) is 4. The molecule has 0 spiro atoms. The van der Waals surface area contributed by atoms with Crippen LogP contribution < -0.4 is 5.32 Å². The first-order valence-electron chi connectivity index (χ1n) is 7.60. The lowest BCUT2D eigenvalue weighted by atomic mass is 10.1. The molecule has 0 saturated carbocycles. The summed E-state index contributed by atoms with van der Waals surface area (Å²) in [4.78, 5) is 15.8. The summed E-state index contributed by atoms with van der Waals surface area (Å²) in [6.45, 7) is 13.7. The Morgan fingerprint density at radius 1 is 1.40 bits per heavy atom. The number of carbonyl (C=O) groups is 1. The largest absolute Gasteiger partial charge is 0.444 e. The van der Waals surface area contributed by atoms with Crippen LogP contribution in [0.4, 0.5) is 4.79 Å². The van der Waals surface area contributed by atoms with Crippen LogP contribution in [-0.2, 0) is 4.74 Å². The molecule has 1 heterocycles. The first-order chi connectivity index (χ1) is 9.19. The number of amides is 1. The van der Waals surface area contributed by atoms with Gasteiger partial charge in [-0.05, 0) is 61.2 Å². The Bertz CT molecular complexity index is 307. The molecule has 5 heteroatoms. The molecular weight excluding hydrogens is 254 g/mol. The van der Waals surface area contributed by atoms with Crippen molar-refractivity contribution in [2.24, 2.45) is 0 Å². The number of ether oxygens (including phenoxy) is 1. The van der Waals surface area contributed by atoms with E-state index in [-0.39, 0.29) is 6.09 Å². The molecule has 1 amide bonds. The zero-order valence-corrected chi connectivity index (χ0v) is 13.9. The van der Waals surface area contributed by atoms with Crippen LogP contribution in [0.5, 0.6) is 0 Å². The van der Waals surface area contributed by atoms with Crippen molar-refractivity contribution in [1.82, 2.24) is 15.1 Å².